The molecule has 144 valence electrons. The van der Waals surface area contributed by atoms with E-state index in [1.807, 2.05) is 13.0 Å². The molecule has 3 rings (SSSR count). The number of rotatable bonds is 6. The second-order valence-corrected chi connectivity index (χ2v) is 6.51. The number of halogens is 1. The first-order chi connectivity index (χ1) is 13.0. The van der Waals surface area contributed by atoms with Crippen LogP contribution in [0.4, 0.5) is 17.3 Å². The zero-order valence-corrected chi connectivity index (χ0v) is 16.3. The molecule has 9 heteroatoms. The number of nitrogens with one attached hydrogen (secondary N) is 1. The van der Waals surface area contributed by atoms with E-state index in [1.54, 1.807) is 31.3 Å². The third kappa shape index (κ3) is 4.33. The minimum atomic E-state index is 0.465. The van der Waals surface area contributed by atoms with Crippen molar-refractivity contribution in [3.63, 3.8) is 0 Å². The average molecular weight is 392 g/mol. The molecular formula is C18H22ClN5O3. The van der Waals surface area contributed by atoms with Gasteiger partial charge in [-0.1, -0.05) is 11.6 Å². The number of anilines is 3. The van der Waals surface area contributed by atoms with Gasteiger partial charge in [-0.2, -0.15) is 0 Å². The summed E-state index contributed by atoms with van der Waals surface area (Å²) >= 11 is 6.17. The predicted molar refractivity (Wildman–Crippen MR) is 104 cm³/mol. The molecule has 1 aromatic carbocycles. The van der Waals surface area contributed by atoms with Crippen molar-refractivity contribution >= 4 is 35.3 Å². The molecule has 0 spiro atoms. The lowest BCUT2D eigenvalue weighted by Crippen LogP contribution is -2.46. The summed E-state index contributed by atoms with van der Waals surface area (Å²) < 4.78 is 10.7. The van der Waals surface area contributed by atoms with Crippen molar-refractivity contribution < 1.29 is 14.3 Å². The van der Waals surface area contributed by atoms with Gasteiger partial charge in [-0.05, 0) is 6.92 Å². The fourth-order valence-electron chi connectivity index (χ4n) is 2.93. The molecule has 1 aliphatic heterocycles. The first kappa shape index (κ1) is 19.0. The first-order valence-corrected chi connectivity index (χ1v) is 8.90. The van der Waals surface area contributed by atoms with Gasteiger partial charge in [0, 0.05) is 44.4 Å². The van der Waals surface area contributed by atoms with Crippen molar-refractivity contribution in [2.75, 3.05) is 50.6 Å². The van der Waals surface area contributed by atoms with Crippen LogP contribution in [0, 0.1) is 6.92 Å². The lowest BCUT2D eigenvalue weighted by Gasteiger charge is -2.33. The molecule has 8 nitrogen and oxygen atoms in total. The molecule has 0 radical (unpaired) electrons. The molecule has 0 aliphatic carbocycles. The second-order valence-electron chi connectivity index (χ2n) is 6.10. The maximum atomic E-state index is 10.9. The molecule has 0 atom stereocenters. The number of piperazine rings is 1. The van der Waals surface area contributed by atoms with Gasteiger partial charge in [0.2, 0.25) is 6.41 Å². The van der Waals surface area contributed by atoms with Crippen LogP contribution in [0.2, 0.25) is 5.02 Å². The largest absolute Gasteiger partial charge is 0.495 e. The Bertz CT molecular complexity index is 825. The van der Waals surface area contributed by atoms with Gasteiger partial charge in [-0.15, -0.1) is 0 Å². The zero-order valence-electron chi connectivity index (χ0n) is 15.5. The van der Waals surface area contributed by atoms with Crippen LogP contribution in [-0.2, 0) is 4.79 Å². The summed E-state index contributed by atoms with van der Waals surface area (Å²) in [4.78, 5) is 23.8. The fourth-order valence-corrected chi connectivity index (χ4v) is 3.16. The summed E-state index contributed by atoms with van der Waals surface area (Å²) in [6, 6.07) is 5.33. The number of amides is 1. The van der Waals surface area contributed by atoms with Gasteiger partial charge < -0.3 is 24.6 Å². The molecule has 2 aromatic rings. The summed E-state index contributed by atoms with van der Waals surface area (Å²) in [6.07, 6.45) is 0.885. The third-order valence-electron chi connectivity index (χ3n) is 4.35. The normalized spacial score (nSPS) is 14.1. The monoisotopic (exact) mass is 391 g/mol. The maximum Gasteiger partial charge on any atom is 0.209 e. The van der Waals surface area contributed by atoms with Gasteiger partial charge >= 0.3 is 0 Å². The van der Waals surface area contributed by atoms with Crippen molar-refractivity contribution in [1.82, 2.24) is 14.9 Å². The van der Waals surface area contributed by atoms with Gasteiger partial charge in [0.1, 0.15) is 29.0 Å². The van der Waals surface area contributed by atoms with Crippen LogP contribution in [0.5, 0.6) is 11.5 Å². The van der Waals surface area contributed by atoms with Crippen molar-refractivity contribution in [3.8, 4) is 11.5 Å². The average Bonchev–Trinajstić information content (AvgIpc) is 2.68. The number of carbonyl (C=O) groups excluding carboxylic acids is 1. The second kappa shape index (κ2) is 8.30. The topological polar surface area (TPSA) is 79.8 Å². The zero-order chi connectivity index (χ0) is 19.4. The predicted octanol–water partition coefficient (Wildman–Crippen LogP) is 2.48. The smallest absolute Gasteiger partial charge is 0.209 e. The molecule has 1 aromatic heterocycles. The number of hydrogen-bond donors (Lipinski definition) is 1. The van der Waals surface area contributed by atoms with Crippen LogP contribution < -0.4 is 19.7 Å². The lowest BCUT2D eigenvalue weighted by atomic mass is 10.2. The highest BCUT2D eigenvalue weighted by Crippen LogP contribution is 2.37. The van der Waals surface area contributed by atoms with E-state index >= 15 is 0 Å². The van der Waals surface area contributed by atoms with E-state index in [0.717, 1.165) is 25.3 Å². The van der Waals surface area contributed by atoms with Gasteiger partial charge in [0.05, 0.1) is 24.9 Å². The molecule has 1 fully saturated rings. The van der Waals surface area contributed by atoms with E-state index in [4.69, 9.17) is 21.1 Å². The van der Waals surface area contributed by atoms with E-state index < -0.39 is 0 Å². The van der Waals surface area contributed by atoms with Crippen LogP contribution in [0.15, 0.2) is 18.2 Å². The van der Waals surface area contributed by atoms with Crippen molar-refractivity contribution in [1.29, 1.82) is 0 Å². The van der Waals surface area contributed by atoms with Crippen molar-refractivity contribution in [2.45, 2.75) is 6.92 Å². The molecule has 1 aliphatic rings. The highest BCUT2D eigenvalue weighted by molar-refractivity contribution is 6.32. The number of hydrogen-bond acceptors (Lipinski definition) is 7. The summed E-state index contributed by atoms with van der Waals surface area (Å²) in [6.45, 7) is 4.66. The Morgan fingerprint density at radius 1 is 1.07 bits per heavy atom. The Hall–Kier alpha value is -2.74. The molecule has 1 N–H and O–H groups in total. The standard InChI is InChI=1S/C18H22ClN5O3/c1-12-20-17(10-18(21-12)24-6-4-23(11-25)5-7-24)22-14-9-15(26-2)13(19)8-16(14)27-3/h8-11H,4-7H2,1-3H3,(H,20,21,22). The van der Waals surface area contributed by atoms with Crippen molar-refractivity contribution in [2.24, 2.45) is 0 Å². The van der Waals surface area contributed by atoms with E-state index in [9.17, 15) is 4.79 Å². The highest BCUT2D eigenvalue weighted by atomic mass is 35.5. The first-order valence-electron chi connectivity index (χ1n) is 8.52. The van der Waals surface area contributed by atoms with Gasteiger partial charge in [0.15, 0.2) is 0 Å². The number of methoxy groups -OCH3 is 2. The number of benzene rings is 1. The molecular weight excluding hydrogens is 370 g/mol. The molecule has 1 saturated heterocycles. The van der Waals surface area contributed by atoms with Crippen LogP contribution in [0.25, 0.3) is 0 Å². The van der Waals surface area contributed by atoms with Crippen LogP contribution in [0.1, 0.15) is 5.82 Å². The summed E-state index contributed by atoms with van der Waals surface area (Å²) in [5.74, 6) is 3.22. The molecule has 0 saturated carbocycles. The molecule has 0 unspecified atom stereocenters. The van der Waals surface area contributed by atoms with Gasteiger partial charge in [-0.25, -0.2) is 9.97 Å². The summed E-state index contributed by atoms with van der Waals surface area (Å²) in [5, 5.41) is 3.72. The summed E-state index contributed by atoms with van der Waals surface area (Å²) in [7, 11) is 3.13. The fraction of sp³-hybridized carbons (Fsp3) is 0.389. The van der Waals surface area contributed by atoms with Gasteiger partial charge in [-0.3, -0.25) is 4.79 Å². The van der Waals surface area contributed by atoms with E-state index in [1.165, 1.54) is 0 Å². The number of aromatic nitrogens is 2. The van der Waals surface area contributed by atoms with Crippen LogP contribution in [0.3, 0.4) is 0 Å². The molecule has 1 amide bonds. The Morgan fingerprint density at radius 3 is 2.41 bits per heavy atom. The number of carbonyl (C=O) groups is 1. The third-order valence-corrected chi connectivity index (χ3v) is 4.64. The van der Waals surface area contributed by atoms with E-state index in [-0.39, 0.29) is 0 Å². The highest BCUT2D eigenvalue weighted by Gasteiger charge is 2.18. The quantitative estimate of drug-likeness (QED) is 0.757. The maximum absolute atomic E-state index is 10.9. The Kier molecular flexibility index (Phi) is 5.85. The molecule has 0 bridgehead atoms. The lowest BCUT2D eigenvalue weighted by molar-refractivity contribution is -0.118. The number of nitrogens with zero attached hydrogens (tertiary/aromatic N) is 4. The SMILES string of the molecule is COc1cc(Nc2cc(N3CCN(C=O)CC3)nc(C)n2)c(OC)cc1Cl. The van der Waals surface area contributed by atoms with Crippen LogP contribution >= 0.6 is 11.6 Å². The molecule has 2 heterocycles. The number of ether oxygens (including phenoxy) is 2. The van der Waals surface area contributed by atoms with E-state index in [2.05, 4.69) is 20.2 Å². The van der Waals surface area contributed by atoms with Gasteiger partial charge in [0.25, 0.3) is 0 Å². The Balaban J connectivity index is 1.86. The molecule has 27 heavy (non-hydrogen) atoms. The van der Waals surface area contributed by atoms with Crippen molar-refractivity contribution in [3.05, 3.63) is 29.0 Å². The minimum absolute atomic E-state index is 0.465. The van der Waals surface area contributed by atoms with E-state index in [0.29, 0.717) is 46.9 Å². The number of aryl methyl sites for hydroxylation is 1. The summed E-state index contributed by atoms with van der Waals surface area (Å²) in [5.41, 5.74) is 0.688. The van der Waals surface area contributed by atoms with Crippen LogP contribution in [-0.4, -0.2) is 61.7 Å². The minimum Gasteiger partial charge on any atom is -0.495 e. The Morgan fingerprint density at radius 2 is 1.78 bits per heavy atom. The Labute approximate surface area is 163 Å².